The summed E-state index contributed by atoms with van der Waals surface area (Å²) in [5.41, 5.74) is -0.483. The topological polar surface area (TPSA) is 60.1 Å². The second kappa shape index (κ2) is 8.39. The monoisotopic (exact) mass is 299 g/mol. The minimum atomic E-state index is -0.483. The molecule has 5 heteroatoms. The fraction of sp³-hybridized carbons (Fsp3) is 0.812. The lowest BCUT2D eigenvalue weighted by molar-refractivity contribution is 0.0485. The van der Waals surface area contributed by atoms with Crippen LogP contribution in [0, 0.1) is 5.92 Å². The van der Waals surface area contributed by atoms with Gasteiger partial charge in [0.1, 0.15) is 11.7 Å². The maximum atomic E-state index is 11.9. The second-order valence-corrected chi connectivity index (χ2v) is 6.62. The zero-order valence-corrected chi connectivity index (χ0v) is 13.7. The van der Waals surface area contributed by atoms with Gasteiger partial charge in [-0.25, -0.2) is 4.79 Å². The van der Waals surface area contributed by atoms with Crippen LogP contribution in [-0.4, -0.2) is 43.7 Å². The molecule has 122 valence electrons. The minimum absolute atomic E-state index is 0.00857. The maximum absolute atomic E-state index is 11.9. The summed E-state index contributed by atoms with van der Waals surface area (Å²) in [5, 5.41) is 2.92. The largest absolute Gasteiger partial charge is 0.444 e. The Kier molecular flexibility index (Phi) is 7.18. The van der Waals surface area contributed by atoms with E-state index in [0.717, 1.165) is 12.8 Å². The molecule has 1 unspecified atom stereocenters. The Labute approximate surface area is 128 Å². The van der Waals surface area contributed by atoms with Crippen molar-refractivity contribution in [2.45, 2.75) is 58.3 Å². The van der Waals surface area contributed by atoms with Crippen molar-refractivity contribution in [1.29, 1.82) is 0 Å². The van der Waals surface area contributed by atoms with Crippen molar-refractivity contribution < 1.29 is 19.0 Å². The van der Waals surface area contributed by atoms with Crippen molar-refractivity contribution in [3.8, 4) is 0 Å². The highest BCUT2D eigenvalue weighted by Crippen LogP contribution is 2.22. The molecule has 3 atom stereocenters. The van der Waals surface area contributed by atoms with E-state index in [9.17, 15) is 4.79 Å². The third-order valence-corrected chi connectivity index (χ3v) is 3.16. The van der Waals surface area contributed by atoms with Gasteiger partial charge >= 0.3 is 6.09 Å². The normalized spacial score (nSPS) is 20.5. The van der Waals surface area contributed by atoms with Gasteiger partial charge in [-0.2, -0.15) is 0 Å². The van der Waals surface area contributed by atoms with E-state index in [-0.39, 0.29) is 18.2 Å². The van der Waals surface area contributed by atoms with Gasteiger partial charge in [0, 0.05) is 6.61 Å². The zero-order valence-electron chi connectivity index (χ0n) is 13.7. The van der Waals surface area contributed by atoms with E-state index >= 15 is 0 Å². The molecule has 1 saturated heterocycles. The molecule has 0 radical (unpaired) electrons. The van der Waals surface area contributed by atoms with E-state index in [1.165, 1.54) is 0 Å². The fourth-order valence-electron chi connectivity index (χ4n) is 2.05. The van der Waals surface area contributed by atoms with E-state index in [1.807, 2.05) is 20.8 Å². The molecule has 0 saturated carbocycles. The number of carbonyl (C=O) groups is 1. The Balaban J connectivity index is 2.32. The molecule has 1 amide bonds. The Morgan fingerprint density at radius 3 is 2.71 bits per heavy atom. The lowest BCUT2D eigenvalue weighted by atomic mass is 9.97. The van der Waals surface area contributed by atoms with Gasteiger partial charge in [0.05, 0.1) is 19.3 Å². The van der Waals surface area contributed by atoms with Crippen molar-refractivity contribution >= 4 is 6.09 Å². The van der Waals surface area contributed by atoms with E-state index in [4.69, 9.17) is 14.2 Å². The molecule has 0 aliphatic carbocycles. The number of nitrogens with one attached hydrogen (secondary N) is 1. The van der Waals surface area contributed by atoms with Crippen LogP contribution >= 0.6 is 0 Å². The number of epoxide rings is 1. The third kappa shape index (κ3) is 8.73. The molecule has 1 aliphatic rings. The molecule has 1 aliphatic heterocycles. The van der Waals surface area contributed by atoms with Crippen molar-refractivity contribution in [2.24, 2.45) is 5.92 Å². The number of ether oxygens (including phenoxy) is 3. The van der Waals surface area contributed by atoms with Gasteiger partial charge in [0.2, 0.25) is 0 Å². The van der Waals surface area contributed by atoms with E-state index in [2.05, 4.69) is 18.8 Å². The van der Waals surface area contributed by atoms with E-state index in [0.29, 0.717) is 25.7 Å². The Morgan fingerprint density at radius 1 is 1.52 bits per heavy atom. The standard InChI is InChI=1S/C16H29NO4/c1-6-8-19-9-7-12(2)10-13(14-11-20-14)17-15(18)21-16(3,4)5/h6,12-14H,1,7-11H2,2-5H3,(H,17,18)/t12-,13+,14?/m1/s1. The van der Waals surface area contributed by atoms with Gasteiger partial charge in [-0.05, 0) is 39.5 Å². The van der Waals surface area contributed by atoms with Gasteiger partial charge in [0.25, 0.3) is 0 Å². The number of alkyl carbamates (subject to hydrolysis) is 1. The van der Waals surface area contributed by atoms with Crippen molar-refractivity contribution in [3.05, 3.63) is 12.7 Å². The van der Waals surface area contributed by atoms with Crippen LogP contribution in [0.15, 0.2) is 12.7 Å². The zero-order chi connectivity index (χ0) is 15.9. The smallest absolute Gasteiger partial charge is 0.407 e. The molecule has 21 heavy (non-hydrogen) atoms. The molecule has 1 N–H and O–H groups in total. The summed E-state index contributed by atoms with van der Waals surface area (Å²) in [6, 6.07) is 0.00857. The molecule has 5 nitrogen and oxygen atoms in total. The van der Waals surface area contributed by atoms with Crippen LogP contribution in [0.4, 0.5) is 4.79 Å². The predicted molar refractivity (Wildman–Crippen MR) is 82.3 cm³/mol. The number of carbonyl (C=O) groups excluding carboxylic acids is 1. The lowest BCUT2D eigenvalue weighted by Gasteiger charge is -2.24. The Hall–Kier alpha value is -1.07. The fourth-order valence-corrected chi connectivity index (χ4v) is 2.05. The Morgan fingerprint density at radius 2 is 2.19 bits per heavy atom. The van der Waals surface area contributed by atoms with Crippen LogP contribution in [0.25, 0.3) is 0 Å². The molecule has 1 heterocycles. The predicted octanol–water partition coefficient (Wildman–Crippen LogP) is 2.90. The first kappa shape index (κ1) is 18.0. The molecule has 1 rings (SSSR count). The molecule has 0 aromatic carbocycles. The van der Waals surface area contributed by atoms with Crippen molar-refractivity contribution in [2.75, 3.05) is 19.8 Å². The summed E-state index contributed by atoms with van der Waals surface area (Å²) in [7, 11) is 0. The highest BCUT2D eigenvalue weighted by atomic mass is 16.6. The number of hydrogen-bond acceptors (Lipinski definition) is 4. The first-order valence-corrected chi connectivity index (χ1v) is 7.61. The minimum Gasteiger partial charge on any atom is -0.444 e. The van der Waals surface area contributed by atoms with Gasteiger partial charge in [-0.3, -0.25) is 0 Å². The van der Waals surface area contributed by atoms with Crippen LogP contribution < -0.4 is 5.32 Å². The average Bonchev–Trinajstić information content (AvgIpc) is 3.15. The maximum Gasteiger partial charge on any atom is 0.407 e. The summed E-state index contributed by atoms with van der Waals surface area (Å²) in [6.45, 7) is 13.3. The summed E-state index contributed by atoms with van der Waals surface area (Å²) < 4.78 is 16.0. The van der Waals surface area contributed by atoms with Gasteiger partial charge in [-0.1, -0.05) is 13.0 Å². The quantitative estimate of drug-likeness (QED) is 0.404. The molecular formula is C16H29NO4. The van der Waals surface area contributed by atoms with Gasteiger partial charge in [0.15, 0.2) is 0 Å². The molecule has 0 spiro atoms. The number of amides is 1. The second-order valence-electron chi connectivity index (χ2n) is 6.62. The van der Waals surface area contributed by atoms with Crippen LogP contribution in [-0.2, 0) is 14.2 Å². The number of hydrogen-bond donors (Lipinski definition) is 1. The molecular weight excluding hydrogens is 270 g/mol. The summed E-state index contributed by atoms with van der Waals surface area (Å²) in [6.07, 6.45) is 3.30. The highest BCUT2D eigenvalue weighted by Gasteiger charge is 2.35. The van der Waals surface area contributed by atoms with Crippen LogP contribution in [0.5, 0.6) is 0 Å². The van der Waals surface area contributed by atoms with E-state index in [1.54, 1.807) is 6.08 Å². The summed E-state index contributed by atoms with van der Waals surface area (Å²) >= 11 is 0. The first-order chi connectivity index (χ1) is 9.81. The first-order valence-electron chi connectivity index (χ1n) is 7.61. The summed E-state index contributed by atoms with van der Waals surface area (Å²) in [5.74, 6) is 0.443. The molecule has 1 fully saturated rings. The lowest BCUT2D eigenvalue weighted by Crippen LogP contribution is -2.42. The molecule has 0 aromatic rings. The van der Waals surface area contributed by atoms with Crippen molar-refractivity contribution in [3.63, 3.8) is 0 Å². The summed E-state index contributed by atoms with van der Waals surface area (Å²) in [4.78, 5) is 11.9. The van der Waals surface area contributed by atoms with Crippen LogP contribution in [0.3, 0.4) is 0 Å². The SMILES string of the molecule is C=CCOCC[C@@H](C)C[C@H](NC(=O)OC(C)(C)C)C1CO1. The van der Waals surface area contributed by atoms with Crippen molar-refractivity contribution in [1.82, 2.24) is 5.32 Å². The van der Waals surface area contributed by atoms with Gasteiger partial charge < -0.3 is 19.5 Å². The third-order valence-electron chi connectivity index (χ3n) is 3.16. The van der Waals surface area contributed by atoms with Crippen LogP contribution in [0.2, 0.25) is 0 Å². The Bertz CT molecular complexity index is 334. The highest BCUT2D eigenvalue weighted by molar-refractivity contribution is 5.68. The number of rotatable bonds is 9. The van der Waals surface area contributed by atoms with Gasteiger partial charge in [-0.15, -0.1) is 6.58 Å². The molecule has 0 aromatic heterocycles. The molecule has 0 bridgehead atoms. The van der Waals surface area contributed by atoms with Crippen LogP contribution in [0.1, 0.15) is 40.5 Å². The van der Waals surface area contributed by atoms with E-state index < -0.39 is 5.60 Å². The average molecular weight is 299 g/mol.